The van der Waals surface area contributed by atoms with Crippen LogP contribution in [0.3, 0.4) is 0 Å². The number of benzene rings is 3. The standard InChI is InChI=1S/C24H24N2/c1-16-4-10-19(11-5-16)22-23(20-12-6-17(2)7-13-20)26-24(25-22)21-14-8-18(3)9-15-21/h4-15,22-23H,1-3H3,(H,25,26). The minimum Gasteiger partial charge on any atom is -0.361 e. The van der Waals surface area contributed by atoms with Crippen LogP contribution in [0.1, 0.15) is 45.5 Å². The molecule has 2 atom stereocenters. The topological polar surface area (TPSA) is 24.4 Å². The van der Waals surface area contributed by atoms with Crippen molar-refractivity contribution in [1.82, 2.24) is 5.32 Å². The Balaban J connectivity index is 1.74. The molecule has 0 radical (unpaired) electrons. The quantitative estimate of drug-likeness (QED) is 0.674. The highest BCUT2D eigenvalue weighted by molar-refractivity contribution is 6.00. The van der Waals surface area contributed by atoms with E-state index in [1.807, 2.05) is 0 Å². The van der Waals surface area contributed by atoms with Gasteiger partial charge in [0.25, 0.3) is 0 Å². The first-order chi connectivity index (χ1) is 12.6. The van der Waals surface area contributed by atoms with E-state index in [2.05, 4.69) is 98.9 Å². The lowest BCUT2D eigenvalue weighted by Crippen LogP contribution is -2.25. The lowest BCUT2D eigenvalue weighted by Gasteiger charge is -2.20. The van der Waals surface area contributed by atoms with Crippen LogP contribution >= 0.6 is 0 Å². The largest absolute Gasteiger partial charge is 0.361 e. The summed E-state index contributed by atoms with van der Waals surface area (Å²) in [5, 5.41) is 3.68. The number of rotatable bonds is 3. The van der Waals surface area contributed by atoms with Gasteiger partial charge in [0.05, 0.1) is 6.04 Å². The zero-order chi connectivity index (χ0) is 18.1. The summed E-state index contributed by atoms with van der Waals surface area (Å²) in [5.41, 5.74) is 7.47. The van der Waals surface area contributed by atoms with Crippen LogP contribution < -0.4 is 5.32 Å². The molecule has 1 aliphatic heterocycles. The maximum absolute atomic E-state index is 5.07. The lowest BCUT2D eigenvalue weighted by molar-refractivity contribution is 0.572. The first-order valence-electron chi connectivity index (χ1n) is 9.15. The molecule has 130 valence electrons. The lowest BCUT2D eigenvalue weighted by atomic mass is 9.94. The number of nitrogens with one attached hydrogen (secondary N) is 1. The summed E-state index contributed by atoms with van der Waals surface area (Å²) < 4.78 is 0. The summed E-state index contributed by atoms with van der Waals surface area (Å²) in [4.78, 5) is 5.07. The van der Waals surface area contributed by atoms with E-state index in [-0.39, 0.29) is 12.1 Å². The Kier molecular flexibility index (Phi) is 4.34. The molecular formula is C24H24N2. The molecule has 1 N–H and O–H groups in total. The minimum absolute atomic E-state index is 0.0783. The van der Waals surface area contributed by atoms with Crippen LogP contribution in [-0.2, 0) is 0 Å². The molecule has 2 heteroatoms. The van der Waals surface area contributed by atoms with Crippen molar-refractivity contribution < 1.29 is 0 Å². The normalized spacial score (nSPS) is 19.1. The molecule has 0 saturated heterocycles. The highest BCUT2D eigenvalue weighted by Gasteiger charge is 2.31. The Morgan fingerprint density at radius 2 is 1.08 bits per heavy atom. The summed E-state index contributed by atoms with van der Waals surface area (Å²) in [5.74, 6) is 0.973. The fourth-order valence-electron chi connectivity index (χ4n) is 3.42. The second kappa shape index (κ2) is 6.80. The van der Waals surface area contributed by atoms with Crippen LogP contribution in [0.25, 0.3) is 0 Å². The van der Waals surface area contributed by atoms with Gasteiger partial charge in [-0.1, -0.05) is 89.5 Å². The van der Waals surface area contributed by atoms with Crippen molar-refractivity contribution in [2.75, 3.05) is 0 Å². The number of nitrogens with zero attached hydrogens (tertiary/aromatic N) is 1. The molecule has 2 nitrogen and oxygen atoms in total. The van der Waals surface area contributed by atoms with Crippen molar-refractivity contribution in [3.8, 4) is 0 Å². The molecule has 0 amide bonds. The Morgan fingerprint density at radius 1 is 0.615 bits per heavy atom. The molecule has 1 heterocycles. The second-order valence-corrected chi connectivity index (χ2v) is 7.23. The van der Waals surface area contributed by atoms with Crippen molar-refractivity contribution in [3.05, 3.63) is 106 Å². The third kappa shape index (κ3) is 3.28. The molecule has 26 heavy (non-hydrogen) atoms. The summed E-state index contributed by atoms with van der Waals surface area (Å²) in [7, 11) is 0. The molecule has 4 rings (SSSR count). The van der Waals surface area contributed by atoms with Crippen molar-refractivity contribution in [3.63, 3.8) is 0 Å². The molecule has 0 spiro atoms. The molecule has 0 saturated carbocycles. The smallest absolute Gasteiger partial charge is 0.129 e. The summed E-state index contributed by atoms with van der Waals surface area (Å²) in [6.07, 6.45) is 0. The molecule has 3 aromatic carbocycles. The third-order valence-corrected chi connectivity index (χ3v) is 5.06. The van der Waals surface area contributed by atoms with Crippen molar-refractivity contribution in [2.45, 2.75) is 32.9 Å². The summed E-state index contributed by atoms with van der Waals surface area (Å²) in [6.45, 7) is 6.35. The van der Waals surface area contributed by atoms with Gasteiger partial charge in [-0.25, -0.2) is 0 Å². The van der Waals surface area contributed by atoms with Crippen molar-refractivity contribution in [1.29, 1.82) is 0 Å². The van der Waals surface area contributed by atoms with E-state index in [0.717, 1.165) is 11.4 Å². The average molecular weight is 340 g/mol. The SMILES string of the molecule is Cc1ccc(C2=NC(c3ccc(C)cc3)C(c3ccc(C)cc3)N2)cc1. The molecule has 1 aliphatic rings. The Morgan fingerprint density at radius 3 is 1.62 bits per heavy atom. The Bertz CT molecular complexity index is 919. The first kappa shape index (κ1) is 16.6. The van der Waals surface area contributed by atoms with Gasteiger partial charge < -0.3 is 5.32 Å². The molecular weight excluding hydrogens is 316 g/mol. The van der Waals surface area contributed by atoms with Gasteiger partial charge in [-0.05, 0) is 31.9 Å². The summed E-state index contributed by atoms with van der Waals surface area (Å²) in [6, 6.07) is 26.3. The molecule has 0 aliphatic carbocycles. The molecule has 2 unspecified atom stereocenters. The third-order valence-electron chi connectivity index (χ3n) is 5.06. The van der Waals surface area contributed by atoms with Crippen LogP contribution in [0.15, 0.2) is 77.8 Å². The predicted octanol–water partition coefficient (Wildman–Crippen LogP) is 5.44. The van der Waals surface area contributed by atoms with E-state index >= 15 is 0 Å². The van der Waals surface area contributed by atoms with Gasteiger partial charge in [0.1, 0.15) is 11.9 Å². The average Bonchev–Trinajstić information content (AvgIpc) is 3.09. The highest BCUT2D eigenvalue weighted by atomic mass is 15.1. The van der Waals surface area contributed by atoms with E-state index in [4.69, 9.17) is 4.99 Å². The molecule has 0 bridgehead atoms. The Labute approximate surface area is 155 Å². The molecule has 0 fully saturated rings. The number of hydrogen-bond acceptors (Lipinski definition) is 2. The van der Waals surface area contributed by atoms with E-state index in [1.165, 1.54) is 27.8 Å². The first-order valence-corrected chi connectivity index (χ1v) is 9.15. The monoisotopic (exact) mass is 340 g/mol. The van der Waals surface area contributed by atoms with Gasteiger partial charge in [-0.3, -0.25) is 4.99 Å². The van der Waals surface area contributed by atoms with Crippen LogP contribution in [0, 0.1) is 20.8 Å². The maximum atomic E-state index is 5.07. The number of hydrogen-bond donors (Lipinski definition) is 1. The predicted molar refractivity (Wildman–Crippen MR) is 109 cm³/mol. The van der Waals surface area contributed by atoms with Crippen LogP contribution in [0.4, 0.5) is 0 Å². The van der Waals surface area contributed by atoms with Crippen LogP contribution in [0.5, 0.6) is 0 Å². The molecule has 3 aromatic rings. The number of amidine groups is 1. The van der Waals surface area contributed by atoms with Crippen LogP contribution in [-0.4, -0.2) is 5.84 Å². The van der Waals surface area contributed by atoms with Crippen LogP contribution in [0.2, 0.25) is 0 Å². The highest BCUT2D eigenvalue weighted by Crippen LogP contribution is 2.37. The van der Waals surface area contributed by atoms with Gasteiger partial charge in [-0.2, -0.15) is 0 Å². The van der Waals surface area contributed by atoms with Gasteiger partial charge in [-0.15, -0.1) is 0 Å². The molecule has 0 aromatic heterocycles. The maximum Gasteiger partial charge on any atom is 0.129 e. The van der Waals surface area contributed by atoms with Crippen molar-refractivity contribution >= 4 is 5.84 Å². The van der Waals surface area contributed by atoms with Gasteiger partial charge >= 0.3 is 0 Å². The number of aliphatic imine (C=N–C) groups is 1. The van der Waals surface area contributed by atoms with Gasteiger partial charge in [0.15, 0.2) is 0 Å². The zero-order valence-corrected chi connectivity index (χ0v) is 15.5. The minimum atomic E-state index is 0.0783. The fourth-order valence-corrected chi connectivity index (χ4v) is 3.42. The van der Waals surface area contributed by atoms with E-state index < -0.39 is 0 Å². The van der Waals surface area contributed by atoms with E-state index in [1.54, 1.807) is 0 Å². The van der Waals surface area contributed by atoms with E-state index in [9.17, 15) is 0 Å². The zero-order valence-electron chi connectivity index (χ0n) is 15.5. The number of aryl methyl sites for hydroxylation is 3. The van der Waals surface area contributed by atoms with Crippen molar-refractivity contribution in [2.24, 2.45) is 4.99 Å². The second-order valence-electron chi connectivity index (χ2n) is 7.23. The Hall–Kier alpha value is -2.87. The van der Waals surface area contributed by atoms with Gasteiger partial charge in [0.2, 0.25) is 0 Å². The van der Waals surface area contributed by atoms with Gasteiger partial charge in [0, 0.05) is 5.56 Å². The fraction of sp³-hybridized carbons (Fsp3) is 0.208. The van der Waals surface area contributed by atoms with E-state index in [0.29, 0.717) is 0 Å². The summed E-state index contributed by atoms with van der Waals surface area (Å²) >= 11 is 0.